The van der Waals surface area contributed by atoms with E-state index in [0.717, 1.165) is 15.2 Å². The van der Waals surface area contributed by atoms with Gasteiger partial charge >= 0.3 is 0 Å². The molecule has 0 saturated carbocycles. The normalized spacial score (nSPS) is 12.0. The molecule has 18 heavy (non-hydrogen) atoms. The average molecular weight is 347 g/mol. The Balaban J connectivity index is 2.37. The maximum Gasteiger partial charge on any atom is 0.242 e. The Kier molecular flexibility index (Phi) is 3.86. The van der Waals surface area contributed by atoms with Crippen molar-refractivity contribution in [2.45, 2.75) is 4.90 Å². The molecule has 0 radical (unpaired) electrons. The summed E-state index contributed by atoms with van der Waals surface area (Å²) < 4.78 is 25.8. The maximum atomic E-state index is 11.9. The van der Waals surface area contributed by atoms with E-state index >= 15 is 0 Å². The monoisotopic (exact) mass is 346 g/mol. The van der Waals surface area contributed by atoms with Gasteiger partial charge in [0, 0.05) is 25.0 Å². The maximum absolute atomic E-state index is 11.9. The third-order valence-corrected chi connectivity index (χ3v) is 5.60. The molecule has 0 aliphatic rings. The fourth-order valence-corrected chi connectivity index (χ4v) is 3.31. The van der Waals surface area contributed by atoms with Gasteiger partial charge in [-0.05, 0) is 28.1 Å². The van der Waals surface area contributed by atoms with E-state index in [1.54, 1.807) is 24.3 Å². The molecule has 0 unspecified atom stereocenters. The van der Waals surface area contributed by atoms with Crippen LogP contribution < -0.4 is 0 Å². The van der Waals surface area contributed by atoms with E-state index < -0.39 is 10.0 Å². The lowest BCUT2D eigenvalue weighted by Gasteiger charge is -2.11. The van der Waals surface area contributed by atoms with E-state index in [1.807, 2.05) is 5.38 Å². The number of hydrogen-bond donors (Lipinski definition) is 0. The van der Waals surface area contributed by atoms with Gasteiger partial charge in [-0.1, -0.05) is 12.1 Å². The van der Waals surface area contributed by atoms with Crippen molar-refractivity contribution in [3.63, 3.8) is 0 Å². The van der Waals surface area contributed by atoms with Gasteiger partial charge in [0.2, 0.25) is 10.0 Å². The van der Waals surface area contributed by atoms with Gasteiger partial charge in [0.1, 0.15) is 0 Å². The highest BCUT2D eigenvalue weighted by atomic mass is 79.9. The number of sulfonamides is 1. The Morgan fingerprint density at radius 2 is 1.83 bits per heavy atom. The molecule has 0 fully saturated rings. The molecule has 1 heterocycles. The van der Waals surface area contributed by atoms with Crippen LogP contribution in [0.25, 0.3) is 11.3 Å². The summed E-state index contributed by atoms with van der Waals surface area (Å²) in [4.78, 5) is 4.57. The Morgan fingerprint density at radius 3 is 2.28 bits per heavy atom. The standard InChI is InChI=1S/C11H11BrN2O2S2/c1-14(2)18(15,16)9-5-3-8(4-6-9)10-7-17-11(12)13-10/h3-7H,1-2H3. The van der Waals surface area contributed by atoms with Crippen LogP contribution in [0.15, 0.2) is 38.5 Å². The van der Waals surface area contributed by atoms with E-state index in [4.69, 9.17) is 0 Å². The van der Waals surface area contributed by atoms with Crippen LogP contribution in [0.5, 0.6) is 0 Å². The fraction of sp³-hybridized carbons (Fsp3) is 0.182. The van der Waals surface area contributed by atoms with Crippen molar-refractivity contribution in [3.05, 3.63) is 33.6 Å². The molecule has 0 saturated heterocycles. The molecule has 1 aromatic carbocycles. The molecule has 4 nitrogen and oxygen atoms in total. The van der Waals surface area contributed by atoms with E-state index in [1.165, 1.54) is 29.7 Å². The Bertz CT molecular complexity index is 648. The molecule has 1 aromatic heterocycles. The number of benzene rings is 1. The lowest BCUT2D eigenvalue weighted by molar-refractivity contribution is 0.521. The lowest BCUT2D eigenvalue weighted by Crippen LogP contribution is -2.22. The molecule has 96 valence electrons. The summed E-state index contributed by atoms with van der Waals surface area (Å²) >= 11 is 4.79. The van der Waals surface area contributed by atoms with Gasteiger partial charge in [0.05, 0.1) is 10.6 Å². The number of thiazole rings is 1. The molecule has 0 N–H and O–H groups in total. The molecule has 7 heteroatoms. The highest BCUT2D eigenvalue weighted by Gasteiger charge is 2.16. The Morgan fingerprint density at radius 1 is 1.22 bits per heavy atom. The van der Waals surface area contributed by atoms with Crippen molar-refractivity contribution >= 4 is 37.3 Å². The van der Waals surface area contributed by atoms with Crippen LogP contribution >= 0.6 is 27.3 Å². The van der Waals surface area contributed by atoms with Crippen LogP contribution in [0.1, 0.15) is 0 Å². The van der Waals surface area contributed by atoms with Crippen molar-refractivity contribution < 1.29 is 8.42 Å². The third-order valence-electron chi connectivity index (χ3n) is 2.40. The van der Waals surface area contributed by atoms with Crippen molar-refractivity contribution in [3.8, 4) is 11.3 Å². The summed E-state index contributed by atoms with van der Waals surface area (Å²) in [6, 6.07) is 6.71. The van der Waals surface area contributed by atoms with Crippen LogP contribution in [0, 0.1) is 0 Å². The Labute approximate surface area is 118 Å². The SMILES string of the molecule is CN(C)S(=O)(=O)c1ccc(-c2csc(Br)n2)cc1. The summed E-state index contributed by atoms with van der Waals surface area (Å²) in [6.07, 6.45) is 0. The van der Waals surface area contributed by atoms with Crippen molar-refractivity contribution in [2.24, 2.45) is 0 Å². The highest BCUT2D eigenvalue weighted by molar-refractivity contribution is 9.11. The summed E-state index contributed by atoms with van der Waals surface area (Å²) in [6.45, 7) is 0. The van der Waals surface area contributed by atoms with E-state index in [2.05, 4.69) is 20.9 Å². The van der Waals surface area contributed by atoms with Gasteiger partial charge < -0.3 is 0 Å². The first-order chi connectivity index (χ1) is 8.41. The van der Waals surface area contributed by atoms with Gasteiger partial charge in [-0.15, -0.1) is 11.3 Å². The molecule has 0 aliphatic heterocycles. The smallest absolute Gasteiger partial charge is 0.229 e. The second-order valence-corrected chi connectivity index (χ2v) is 8.08. The zero-order valence-electron chi connectivity index (χ0n) is 9.79. The van der Waals surface area contributed by atoms with Crippen LogP contribution in [-0.2, 0) is 10.0 Å². The second kappa shape index (κ2) is 5.08. The Hall–Kier alpha value is -0.760. The molecule has 0 amide bonds. The molecule has 0 aliphatic carbocycles. The number of hydrogen-bond acceptors (Lipinski definition) is 4. The number of nitrogens with zero attached hydrogens (tertiary/aromatic N) is 2. The number of rotatable bonds is 3. The van der Waals surface area contributed by atoms with E-state index in [9.17, 15) is 8.42 Å². The predicted octanol–water partition coefficient (Wildman–Crippen LogP) is 2.82. The minimum atomic E-state index is -3.36. The molecular weight excluding hydrogens is 336 g/mol. The van der Waals surface area contributed by atoms with Gasteiger partial charge in [-0.2, -0.15) is 0 Å². The minimum absolute atomic E-state index is 0.283. The summed E-state index contributed by atoms with van der Waals surface area (Å²) in [5.74, 6) is 0. The fourth-order valence-electron chi connectivity index (χ4n) is 1.39. The quantitative estimate of drug-likeness (QED) is 0.858. The van der Waals surface area contributed by atoms with Gasteiger partial charge in [-0.25, -0.2) is 17.7 Å². The minimum Gasteiger partial charge on any atom is -0.229 e. The largest absolute Gasteiger partial charge is 0.242 e. The van der Waals surface area contributed by atoms with Gasteiger partial charge in [-0.3, -0.25) is 0 Å². The summed E-state index contributed by atoms with van der Waals surface area (Å²) in [5, 5.41) is 1.92. The van der Waals surface area contributed by atoms with Gasteiger partial charge in [0.25, 0.3) is 0 Å². The second-order valence-electron chi connectivity index (χ2n) is 3.80. The first kappa shape index (κ1) is 13.7. The van der Waals surface area contributed by atoms with E-state index in [-0.39, 0.29) is 4.90 Å². The first-order valence-corrected chi connectivity index (χ1v) is 8.16. The molecule has 0 spiro atoms. The zero-order chi connectivity index (χ0) is 13.3. The van der Waals surface area contributed by atoms with E-state index in [0.29, 0.717) is 0 Å². The number of halogens is 1. The average Bonchev–Trinajstić information content (AvgIpc) is 2.76. The third kappa shape index (κ3) is 2.64. The first-order valence-electron chi connectivity index (χ1n) is 5.05. The topological polar surface area (TPSA) is 50.3 Å². The van der Waals surface area contributed by atoms with Crippen molar-refractivity contribution in [1.82, 2.24) is 9.29 Å². The van der Waals surface area contributed by atoms with Crippen LogP contribution in [-0.4, -0.2) is 31.8 Å². The summed E-state index contributed by atoms with van der Waals surface area (Å²) in [7, 11) is -0.335. The van der Waals surface area contributed by atoms with Crippen LogP contribution in [0.4, 0.5) is 0 Å². The molecule has 2 rings (SSSR count). The van der Waals surface area contributed by atoms with Crippen molar-refractivity contribution in [2.75, 3.05) is 14.1 Å². The summed E-state index contributed by atoms with van der Waals surface area (Å²) in [5.41, 5.74) is 1.73. The predicted molar refractivity (Wildman–Crippen MR) is 76.1 cm³/mol. The number of aromatic nitrogens is 1. The van der Waals surface area contributed by atoms with Crippen LogP contribution in [0.3, 0.4) is 0 Å². The van der Waals surface area contributed by atoms with Gasteiger partial charge in [0.15, 0.2) is 3.92 Å². The zero-order valence-corrected chi connectivity index (χ0v) is 13.0. The highest BCUT2D eigenvalue weighted by Crippen LogP contribution is 2.26. The van der Waals surface area contributed by atoms with Crippen LogP contribution in [0.2, 0.25) is 0 Å². The lowest BCUT2D eigenvalue weighted by atomic mass is 10.2. The van der Waals surface area contributed by atoms with Crippen molar-refractivity contribution in [1.29, 1.82) is 0 Å². The molecule has 2 aromatic rings. The molecular formula is C11H11BrN2O2S2. The molecule has 0 bridgehead atoms. The molecule has 0 atom stereocenters.